The maximum Gasteiger partial charge on any atom is 0.226 e. The van der Waals surface area contributed by atoms with E-state index < -0.39 is 0 Å². The fourth-order valence-corrected chi connectivity index (χ4v) is 1.45. The molecule has 77 valence electrons. The van der Waals surface area contributed by atoms with Crippen LogP contribution in [-0.4, -0.2) is 4.98 Å². The molecule has 3 heteroatoms. The van der Waals surface area contributed by atoms with Crippen LogP contribution >= 0.6 is 11.6 Å². The van der Waals surface area contributed by atoms with E-state index >= 15 is 0 Å². The molecule has 1 aromatic heterocycles. The van der Waals surface area contributed by atoms with Gasteiger partial charge in [-0.3, -0.25) is 0 Å². The Bertz CT molecular complexity index is 433. The van der Waals surface area contributed by atoms with E-state index in [1.807, 2.05) is 24.3 Å². The Labute approximate surface area is 93.9 Å². The Morgan fingerprint density at radius 3 is 2.67 bits per heavy atom. The molecule has 0 saturated heterocycles. The summed E-state index contributed by atoms with van der Waals surface area (Å²) in [5, 5.41) is 0.711. The summed E-state index contributed by atoms with van der Waals surface area (Å²) in [4.78, 5) is 4.35. The van der Waals surface area contributed by atoms with Crippen LogP contribution in [0.1, 0.15) is 12.1 Å². The van der Waals surface area contributed by atoms with Gasteiger partial charge in [0.1, 0.15) is 6.26 Å². The van der Waals surface area contributed by atoms with Gasteiger partial charge in [0, 0.05) is 10.6 Å². The lowest BCUT2D eigenvalue weighted by molar-refractivity contribution is 0.572. The summed E-state index contributed by atoms with van der Waals surface area (Å²) in [5.74, 6) is 0.634. The average molecular weight is 221 g/mol. The van der Waals surface area contributed by atoms with Crippen molar-refractivity contribution in [1.82, 2.24) is 4.98 Å². The Kier molecular flexibility index (Phi) is 3.07. The summed E-state index contributed by atoms with van der Waals surface area (Å²) < 4.78 is 5.36. The lowest BCUT2D eigenvalue weighted by Crippen LogP contribution is -1.83. The van der Waals surface area contributed by atoms with E-state index in [9.17, 15) is 0 Å². The van der Waals surface area contributed by atoms with Gasteiger partial charge in [-0.25, -0.2) is 4.98 Å². The Balaban J connectivity index is 2.25. The van der Waals surface area contributed by atoms with E-state index in [0.717, 1.165) is 24.1 Å². The van der Waals surface area contributed by atoms with Crippen molar-refractivity contribution in [3.05, 3.63) is 48.2 Å². The largest absolute Gasteiger partial charge is 0.444 e. The van der Waals surface area contributed by atoms with Crippen LogP contribution in [0, 0.1) is 6.92 Å². The number of halogens is 1. The third-order valence-electron chi connectivity index (χ3n) is 2.08. The van der Waals surface area contributed by atoms with Crippen molar-refractivity contribution < 1.29 is 4.42 Å². The zero-order valence-corrected chi connectivity index (χ0v) is 9.00. The molecule has 2 aromatic rings. The van der Waals surface area contributed by atoms with Crippen molar-refractivity contribution in [3.63, 3.8) is 0 Å². The molecule has 0 bridgehead atoms. The number of oxazole rings is 1. The van der Waals surface area contributed by atoms with Crippen molar-refractivity contribution in [1.29, 1.82) is 0 Å². The monoisotopic (exact) mass is 220 g/mol. The molecule has 0 aliphatic carbocycles. The van der Waals surface area contributed by atoms with Crippen LogP contribution in [0.15, 0.2) is 34.9 Å². The highest BCUT2D eigenvalue weighted by Crippen LogP contribution is 2.21. The van der Waals surface area contributed by atoms with Gasteiger partial charge >= 0.3 is 0 Å². The molecule has 0 saturated carbocycles. The smallest absolute Gasteiger partial charge is 0.226 e. The first-order valence-corrected chi connectivity index (χ1v) is 5.17. The number of benzene rings is 1. The molecule has 1 aromatic carbocycles. The molecule has 0 fully saturated rings. The Hall–Kier alpha value is -1.28. The third-order valence-corrected chi connectivity index (χ3v) is 2.33. The summed E-state index contributed by atoms with van der Waals surface area (Å²) in [6.07, 6.45) is 3.35. The zero-order chi connectivity index (χ0) is 10.7. The topological polar surface area (TPSA) is 26.0 Å². The quantitative estimate of drug-likeness (QED) is 0.787. The molecule has 2 nitrogen and oxygen atoms in total. The van der Waals surface area contributed by atoms with Gasteiger partial charge in [-0.2, -0.15) is 0 Å². The van der Waals surface area contributed by atoms with Gasteiger partial charge < -0.3 is 4.42 Å². The van der Waals surface area contributed by atoms with Gasteiger partial charge in [-0.1, -0.05) is 18.5 Å². The number of rotatable bonds is 3. The first kappa shape index (κ1) is 10.2. The van der Waals surface area contributed by atoms with E-state index in [1.165, 1.54) is 0 Å². The molecular weight excluding hydrogens is 210 g/mol. The number of aromatic nitrogens is 1. The summed E-state index contributed by atoms with van der Waals surface area (Å²) in [6, 6.07) is 7.43. The molecule has 0 amide bonds. The van der Waals surface area contributed by atoms with E-state index in [0.29, 0.717) is 10.9 Å². The van der Waals surface area contributed by atoms with Crippen molar-refractivity contribution >= 4 is 11.6 Å². The normalized spacial score (nSPS) is 10.5. The van der Waals surface area contributed by atoms with E-state index in [-0.39, 0.29) is 0 Å². The van der Waals surface area contributed by atoms with Gasteiger partial charge in [-0.15, -0.1) is 0 Å². The van der Waals surface area contributed by atoms with Gasteiger partial charge in [0.15, 0.2) is 0 Å². The lowest BCUT2D eigenvalue weighted by Gasteiger charge is -1.94. The minimum absolute atomic E-state index is 0.634. The SMILES string of the molecule is [CH2]CCc1coc(-c2ccc(Cl)cc2)n1. The van der Waals surface area contributed by atoms with Crippen molar-refractivity contribution in [2.24, 2.45) is 0 Å². The molecule has 2 rings (SSSR count). The molecule has 0 spiro atoms. The van der Waals surface area contributed by atoms with E-state index in [1.54, 1.807) is 6.26 Å². The maximum absolute atomic E-state index is 5.79. The number of nitrogens with zero attached hydrogens (tertiary/aromatic N) is 1. The van der Waals surface area contributed by atoms with Crippen LogP contribution in [0.25, 0.3) is 11.5 Å². The average Bonchev–Trinajstić information content (AvgIpc) is 2.68. The van der Waals surface area contributed by atoms with Gasteiger partial charge in [0.05, 0.1) is 5.69 Å². The third kappa shape index (κ3) is 2.39. The molecule has 0 atom stereocenters. The van der Waals surface area contributed by atoms with E-state index in [2.05, 4.69) is 11.9 Å². The molecule has 0 unspecified atom stereocenters. The highest BCUT2D eigenvalue weighted by atomic mass is 35.5. The van der Waals surface area contributed by atoms with Crippen molar-refractivity contribution in [2.75, 3.05) is 0 Å². The number of hydrogen-bond acceptors (Lipinski definition) is 2. The van der Waals surface area contributed by atoms with Crippen molar-refractivity contribution in [2.45, 2.75) is 12.8 Å². The predicted octanol–water partition coefficient (Wildman–Crippen LogP) is 3.76. The fourth-order valence-electron chi connectivity index (χ4n) is 1.33. The van der Waals surface area contributed by atoms with Gasteiger partial charge in [0.25, 0.3) is 0 Å². The maximum atomic E-state index is 5.79. The fraction of sp³-hybridized carbons (Fsp3) is 0.167. The standard InChI is InChI=1S/C12H11ClNO/c1-2-3-11-8-15-12(14-11)9-4-6-10(13)7-5-9/h4-8H,1-3H2. The molecular formula is C12H11ClNO. The second kappa shape index (κ2) is 4.49. The summed E-state index contributed by atoms with van der Waals surface area (Å²) in [5.41, 5.74) is 1.88. The molecule has 15 heavy (non-hydrogen) atoms. The second-order valence-corrected chi connectivity index (χ2v) is 3.69. The summed E-state index contributed by atoms with van der Waals surface area (Å²) in [7, 11) is 0. The zero-order valence-electron chi connectivity index (χ0n) is 8.24. The van der Waals surface area contributed by atoms with Gasteiger partial charge in [-0.05, 0) is 37.1 Å². The Morgan fingerprint density at radius 2 is 2.00 bits per heavy atom. The van der Waals surface area contributed by atoms with Crippen LogP contribution in [0.2, 0.25) is 5.02 Å². The molecule has 0 aliphatic rings. The highest BCUT2D eigenvalue weighted by Gasteiger charge is 2.05. The van der Waals surface area contributed by atoms with Crippen LogP contribution in [-0.2, 0) is 6.42 Å². The van der Waals surface area contributed by atoms with E-state index in [4.69, 9.17) is 16.0 Å². The molecule has 0 N–H and O–H groups in total. The molecule has 1 radical (unpaired) electrons. The van der Waals surface area contributed by atoms with Crippen LogP contribution in [0.4, 0.5) is 0 Å². The Morgan fingerprint density at radius 1 is 1.27 bits per heavy atom. The number of hydrogen-bond donors (Lipinski definition) is 0. The van der Waals surface area contributed by atoms with Crippen LogP contribution in [0.5, 0.6) is 0 Å². The van der Waals surface area contributed by atoms with Gasteiger partial charge in [0.2, 0.25) is 5.89 Å². The number of aryl methyl sites for hydroxylation is 1. The second-order valence-electron chi connectivity index (χ2n) is 3.25. The first-order valence-electron chi connectivity index (χ1n) is 4.79. The first-order chi connectivity index (χ1) is 7.29. The van der Waals surface area contributed by atoms with Crippen LogP contribution < -0.4 is 0 Å². The summed E-state index contributed by atoms with van der Waals surface area (Å²) in [6.45, 7) is 3.78. The van der Waals surface area contributed by atoms with Crippen molar-refractivity contribution in [3.8, 4) is 11.5 Å². The van der Waals surface area contributed by atoms with Crippen LogP contribution in [0.3, 0.4) is 0 Å². The minimum Gasteiger partial charge on any atom is -0.444 e. The minimum atomic E-state index is 0.634. The lowest BCUT2D eigenvalue weighted by atomic mass is 10.2. The molecule has 0 aliphatic heterocycles. The predicted molar refractivity (Wildman–Crippen MR) is 60.6 cm³/mol. The highest BCUT2D eigenvalue weighted by molar-refractivity contribution is 6.30. The summed E-state index contributed by atoms with van der Waals surface area (Å²) >= 11 is 5.79. The molecule has 1 heterocycles.